The van der Waals surface area contributed by atoms with Gasteiger partial charge >= 0.3 is 0 Å². The van der Waals surface area contributed by atoms with Gasteiger partial charge in [0.05, 0.1) is 3.42 Å². The summed E-state index contributed by atoms with van der Waals surface area (Å²) in [7, 11) is 0. The van der Waals surface area contributed by atoms with Crippen molar-refractivity contribution >= 4 is 22.6 Å². The van der Waals surface area contributed by atoms with Crippen LogP contribution in [0, 0.1) is 0 Å². The molecule has 28 heavy (non-hydrogen) atoms. The number of alkyl halides is 1. The Balaban J connectivity index is 1.86. The van der Waals surface area contributed by atoms with Crippen LogP contribution in [0.1, 0.15) is 22.3 Å². The van der Waals surface area contributed by atoms with Gasteiger partial charge in [-0.25, -0.2) is 0 Å². The topological polar surface area (TPSA) is 20.2 Å². The predicted octanol–water partition coefficient (Wildman–Crippen LogP) is 7.12. The van der Waals surface area contributed by atoms with Gasteiger partial charge in [-0.3, -0.25) is 0 Å². The number of fused-ring (bicyclic) bond motifs is 3. The van der Waals surface area contributed by atoms with E-state index in [4.69, 9.17) is 0 Å². The van der Waals surface area contributed by atoms with Gasteiger partial charge in [0, 0.05) is 0 Å². The van der Waals surface area contributed by atoms with Gasteiger partial charge in [0.15, 0.2) is 0 Å². The van der Waals surface area contributed by atoms with Crippen LogP contribution in [0.5, 0.6) is 0 Å². The first-order valence-corrected chi connectivity index (χ1v) is 10.3. The van der Waals surface area contributed by atoms with E-state index in [1.165, 1.54) is 33.4 Å². The average Bonchev–Trinajstić information content (AvgIpc) is 2.97. The molecule has 0 fully saturated rings. The fraction of sp³-hybridized carbons (Fsp3) is 0.0769. The van der Waals surface area contributed by atoms with Gasteiger partial charge in [0.1, 0.15) is 5.76 Å². The highest BCUT2D eigenvalue weighted by Gasteiger charge is 2.43. The van der Waals surface area contributed by atoms with Crippen LogP contribution < -0.4 is 0 Å². The summed E-state index contributed by atoms with van der Waals surface area (Å²) < 4.78 is -0.244. The molecule has 0 bridgehead atoms. The van der Waals surface area contributed by atoms with Gasteiger partial charge in [0.25, 0.3) is 0 Å². The number of benzene rings is 3. The number of halogens is 1. The molecule has 2 heteroatoms. The average molecular weight is 476 g/mol. The van der Waals surface area contributed by atoms with E-state index in [-0.39, 0.29) is 9.18 Å². The Kier molecular flexibility index (Phi) is 4.98. The summed E-state index contributed by atoms with van der Waals surface area (Å²) in [5, 5.41) is 9.33. The predicted molar refractivity (Wildman–Crippen MR) is 126 cm³/mol. The molecule has 0 radical (unpaired) electrons. The van der Waals surface area contributed by atoms with E-state index in [1.807, 2.05) is 6.08 Å². The van der Waals surface area contributed by atoms with Gasteiger partial charge in [-0.15, -0.1) is 0 Å². The Labute approximate surface area is 179 Å². The van der Waals surface area contributed by atoms with Gasteiger partial charge in [-0.2, -0.15) is 0 Å². The summed E-state index contributed by atoms with van der Waals surface area (Å²) in [6.07, 6.45) is 4.13. The summed E-state index contributed by atoms with van der Waals surface area (Å²) in [6, 6.07) is 25.9. The minimum absolute atomic E-state index is 0.0402. The number of hydrogen-bond donors (Lipinski definition) is 1. The Bertz CT molecular complexity index is 1060. The molecule has 0 unspecified atom stereocenters. The largest absolute Gasteiger partial charge is 0.509 e. The summed E-state index contributed by atoms with van der Waals surface area (Å²) in [6.45, 7) is 7.66. The third kappa shape index (κ3) is 3.12. The van der Waals surface area contributed by atoms with Crippen molar-refractivity contribution in [3.05, 3.63) is 132 Å². The van der Waals surface area contributed by atoms with E-state index in [0.717, 1.165) is 12.0 Å². The van der Waals surface area contributed by atoms with Crippen molar-refractivity contribution in [3.63, 3.8) is 0 Å². The quantitative estimate of drug-likeness (QED) is 0.180. The summed E-state index contributed by atoms with van der Waals surface area (Å²) in [5.41, 5.74) is 8.72. The molecule has 3 aromatic carbocycles. The Morgan fingerprint density at radius 3 is 1.86 bits per heavy atom. The maximum atomic E-state index is 9.33. The lowest BCUT2D eigenvalue weighted by Gasteiger charge is -2.28. The second-order valence-electron chi connectivity index (χ2n) is 7.07. The molecule has 0 aromatic heterocycles. The van der Waals surface area contributed by atoms with Crippen LogP contribution in [-0.2, 0) is 9.84 Å². The molecule has 0 spiro atoms. The normalized spacial score (nSPS) is 13.9. The van der Waals surface area contributed by atoms with E-state index in [1.54, 1.807) is 6.08 Å². The zero-order valence-corrected chi connectivity index (χ0v) is 17.7. The second-order valence-corrected chi connectivity index (χ2v) is 8.68. The number of allylic oxidation sites excluding steroid dienone is 3. The van der Waals surface area contributed by atoms with Gasteiger partial charge < -0.3 is 5.11 Å². The molecular weight excluding hydrogens is 455 g/mol. The molecule has 1 N–H and O–H groups in total. The van der Waals surface area contributed by atoms with E-state index >= 15 is 0 Å². The molecule has 0 amide bonds. The maximum absolute atomic E-state index is 9.33. The highest BCUT2D eigenvalue weighted by atomic mass is 127. The molecule has 1 aliphatic carbocycles. The van der Waals surface area contributed by atoms with Gasteiger partial charge in [0.2, 0.25) is 0 Å². The molecule has 1 nitrogen and oxygen atoms in total. The van der Waals surface area contributed by atoms with Crippen LogP contribution in [0.25, 0.3) is 11.1 Å². The Morgan fingerprint density at radius 1 is 0.786 bits per heavy atom. The monoisotopic (exact) mass is 476 g/mol. The lowest BCUT2D eigenvalue weighted by atomic mass is 9.84. The van der Waals surface area contributed by atoms with Crippen LogP contribution in [0.2, 0.25) is 0 Å². The van der Waals surface area contributed by atoms with Crippen LogP contribution in [0.4, 0.5) is 0 Å². The SMILES string of the molecule is C=C(O)/C=C\C(=C)Cc1ccccc1C1(I)c2ccccc2-c2ccccc21. The lowest BCUT2D eigenvalue weighted by Crippen LogP contribution is -2.20. The highest BCUT2D eigenvalue weighted by Crippen LogP contribution is 2.57. The van der Waals surface area contributed by atoms with Crippen LogP contribution >= 0.6 is 22.6 Å². The van der Waals surface area contributed by atoms with E-state index in [0.29, 0.717) is 0 Å². The minimum atomic E-state index is -0.244. The van der Waals surface area contributed by atoms with Crippen LogP contribution in [0.15, 0.2) is 109 Å². The Morgan fingerprint density at radius 2 is 1.29 bits per heavy atom. The van der Waals surface area contributed by atoms with Crippen molar-refractivity contribution in [2.75, 3.05) is 0 Å². The molecule has 0 aliphatic heterocycles. The highest BCUT2D eigenvalue weighted by molar-refractivity contribution is 14.1. The van der Waals surface area contributed by atoms with Crippen molar-refractivity contribution in [2.45, 2.75) is 9.84 Å². The van der Waals surface area contributed by atoms with Crippen molar-refractivity contribution in [2.24, 2.45) is 0 Å². The minimum Gasteiger partial charge on any atom is -0.509 e. The first-order valence-electron chi connectivity index (χ1n) is 9.22. The van der Waals surface area contributed by atoms with Crippen LogP contribution in [-0.4, -0.2) is 5.11 Å². The van der Waals surface area contributed by atoms with Crippen molar-refractivity contribution in [1.29, 1.82) is 0 Å². The molecule has 138 valence electrons. The number of aliphatic hydroxyl groups is 1. The molecule has 0 saturated heterocycles. The van der Waals surface area contributed by atoms with Crippen molar-refractivity contribution in [3.8, 4) is 11.1 Å². The third-order valence-corrected chi connectivity index (χ3v) is 6.95. The van der Waals surface area contributed by atoms with Crippen molar-refractivity contribution < 1.29 is 5.11 Å². The third-order valence-electron chi connectivity index (χ3n) is 5.20. The molecule has 0 heterocycles. The fourth-order valence-electron chi connectivity index (χ4n) is 4.00. The first kappa shape index (κ1) is 18.8. The zero-order chi connectivity index (χ0) is 19.7. The smallest absolute Gasteiger partial charge is 0.108 e. The molecular formula is C26H21IO. The first-order chi connectivity index (χ1) is 13.5. The summed E-state index contributed by atoms with van der Waals surface area (Å²) >= 11 is 2.62. The van der Waals surface area contributed by atoms with Crippen molar-refractivity contribution in [1.82, 2.24) is 0 Å². The fourth-order valence-corrected chi connectivity index (χ4v) is 5.47. The number of rotatable bonds is 5. The number of hydrogen-bond acceptors (Lipinski definition) is 1. The summed E-state index contributed by atoms with van der Waals surface area (Å²) in [5.74, 6) is 0.0402. The maximum Gasteiger partial charge on any atom is 0.108 e. The number of aliphatic hydroxyl groups excluding tert-OH is 1. The van der Waals surface area contributed by atoms with E-state index in [2.05, 4.69) is 109 Å². The van der Waals surface area contributed by atoms with E-state index < -0.39 is 0 Å². The van der Waals surface area contributed by atoms with E-state index in [9.17, 15) is 5.11 Å². The lowest BCUT2D eigenvalue weighted by molar-refractivity contribution is 0.435. The second kappa shape index (κ2) is 7.44. The molecule has 4 rings (SSSR count). The molecule has 3 aromatic rings. The standard InChI is InChI=1S/C26H21IO/c1-18(15-16-19(2)28)17-20-9-3-6-12-23(20)26(27)24-13-7-4-10-21(24)22-11-5-8-14-25(22)26/h3-16,28H,1-2,17H2/b16-15-. The van der Waals surface area contributed by atoms with Crippen LogP contribution in [0.3, 0.4) is 0 Å². The molecule has 0 atom stereocenters. The van der Waals surface area contributed by atoms with Gasteiger partial charge in [-0.1, -0.05) is 120 Å². The summed E-state index contributed by atoms with van der Waals surface area (Å²) in [4.78, 5) is 0. The molecule has 1 aliphatic rings. The van der Waals surface area contributed by atoms with Gasteiger partial charge in [-0.05, 0) is 45.9 Å². The molecule has 0 saturated carbocycles. The zero-order valence-electron chi connectivity index (χ0n) is 15.5. The Hall–Kier alpha value is -2.59.